The highest BCUT2D eigenvalue weighted by atomic mass is 16.5. The fraction of sp³-hybridized carbons (Fsp3) is 0.381. The van der Waals surface area contributed by atoms with E-state index in [4.69, 9.17) is 9.47 Å². The smallest absolute Gasteiger partial charge is 0.251 e. The molecule has 25 heavy (non-hydrogen) atoms. The molecule has 2 aromatic carbocycles. The van der Waals surface area contributed by atoms with E-state index in [1.54, 1.807) is 12.1 Å². The summed E-state index contributed by atoms with van der Waals surface area (Å²) in [6.45, 7) is 8.69. The van der Waals surface area contributed by atoms with Gasteiger partial charge < -0.3 is 14.8 Å². The van der Waals surface area contributed by atoms with Crippen LogP contribution in [0.1, 0.15) is 54.7 Å². The Labute approximate surface area is 149 Å². The second-order valence-electron chi connectivity index (χ2n) is 7.09. The fourth-order valence-corrected chi connectivity index (χ4v) is 3.20. The molecule has 0 unspecified atom stereocenters. The average molecular weight is 339 g/mol. The summed E-state index contributed by atoms with van der Waals surface area (Å²) in [6.07, 6.45) is 0.728. The normalized spacial score (nSPS) is 18.0. The number of rotatable bonds is 4. The Morgan fingerprint density at radius 1 is 1.24 bits per heavy atom. The van der Waals surface area contributed by atoms with Crippen molar-refractivity contribution in [3.8, 4) is 11.5 Å². The van der Waals surface area contributed by atoms with E-state index in [0.717, 1.165) is 29.0 Å². The highest BCUT2D eigenvalue weighted by molar-refractivity contribution is 5.94. The van der Waals surface area contributed by atoms with E-state index in [1.807, 2.05) is 52.0 Å². The fourth-order valence-electron chi connectivity index (χ4n) is 3.20. The Morgan fingerprint density at radius 3 is 2.64 bits per heavy atom. The van der Waals surface area contributed by atoms with Crippen LogP contribution in [-0.4, -0.2) is 18.1 Å². The number of carbonyl (C=O) groups excluding carboxylic acids is 1. The maximum Gasteiger partial charge on any atom is 0.251 e. The minimum absolute atomic E-state index is 0.0709. The molecule has 1 aliphatic rings. The van der Waals surface area contributed by atoms with Crippen molar-refractivity contribution in [2.45, 2.75) is 45.8 Å². The SMILES string of the molecule is CCOc1ccc(C(=O)N[C@H]2CC(C)(C)Oc3cc(C)ccc32)cc1. The lowest BCUT2D eigenvalue weighted by atomic mass is 9.89. The number of hydrogen-bond acceptors (Lipinski definition) is 3. The standard InChI is InChI=1S/C21H25NO3/c1-5-24-16-9-7-15(8-10-16)20(23)22-18-13-21(3,4)25-19-12-14(2)6-11-17(18)19/h6-12,18H,5,13H2,1-4H3,(H,22,23)/t18-/m0/s1. The van der Waals surface area contributed by atoms with Crippen molar-refractivity contribution in [3.05, 3.63) is 59.2 Å². The molecule has 0 spiro atoms. The van der Waals surface area contributed by atoms with E-state index < -0.39 is 0 Å². The molecule has 1 amide bonds. The summed E-state index contributed by atoms with van der Waals surface area (Å²) in [4.78, 5) is 12.7. The van der Waals surface area contributed by atoms with Gasteiger partial charge in [0.2, 0.25) is 0 Å². The zero-order valence-electron chi connectivity index (χ0n) is 15.3. The van der Waals surface area contributed by atoms with Crippen LogP contribution in [0.25, 0.3) is 0 Å². The Balaban J connectivity index is 1.81. The van der Waals surface area contributed by atoms with Crippen molar-refractivity contribution in [2.75, 3.05) is 6.61 Å². The first-order chi connectivity index (χ1) is 11.9. The molecule has 4 heteroatoms. The lowest BCUT2D eigenvalue weighted by Gasteiger charge is -2.38. The van der Waals surface area contributed by atoms with Crippen LogP contribution in [-0.2, 0) is 0 Å². The van der Waals surface area contributed by atoms with Gasteiger partial charge >= 0.3 is 0 Å². The molecule has 0 bridgehead atoms. The molecule has 2 aromatic rings. The van der Waals surface area contributed by atoms with E-state index in [2.05, 4.69) is 11.4 Å². The van der Waals surface area contributed by atoms with Crippen molar-refractivity contribution in [1.29, 1.82) is 0 Å². The number of hydrogen-bond donors (Lipinski definition) is 1. The largest absolute Gasteiger partial charge is 0.494 e. The van der Waals surface area contributed by atoms with Crippen LogP contribution in [0.5, 0.6) is 11.5 Å². The van der Waals surface area contributed by atoms with Crippen molar-refractivity contribution in [1.82, 2.24) is 5.32 Å². The second-order valence-corrected chi connectivity index (χ2v) is 7.09. The number of carbonyl (C=O) groups is 1. The molecule has 1 heterocycles. The first-order valence-electron chi connectivity index (χ1n) is 8.71. The van der Waals surface area contributed by atoms with Gasteiger partial charge in [0.15, 0.2) is 0 Å². The summed E-state index contributed by atoms with van der Waals surface area (Å²) in [7, 11) is 0. The molecule has 0 aromatic heterocycles. The van der Waals surface area contributed by atoms with Crippen LogP contribution in [0, 0.1) is 6.92 Å². The minimum atomic E-state index is -0.322. The monoisotopic (exact) mass is 339 g/mol. The van der Waals surface area contributed by atoms with Gasteiger partial charge in [-0.1, -0.05) is 12.1 Å². The van der Waals surface area contributed by atoms with Crippen LogP contribution in [0.15, 0.2) is 42.5 Å². The number of nitrogens with one attached hydrogen (secondary N) is 1. The number of aryl methyl sites for hydroxylation is 1. The van der Waals surface area contributed by atoms with Crippen LogP contribution < -0.4 is 14.8 Å². The summed E-state index contributed by atoms with van der Waals surface area (Å²) in [5.74, 6) is 1.54. The van der Waals surface area contributed by atoms with Gasteiger partial charge in [0, 0.05) is 17.5 Å². The molecule has 1 aliphatic heterocycles. The molecule has 3 rings (SSSR count). The zero-order valence-corrected chi connectivity index (χ0v) is 15.3. The van der Waals surface area contributed by atoms with E-state index in [9.17, 15) is 4.79 Å². The topological polar surface area (TPSA) is 47.6 Å². The predicted molar refractivity (Wildman–Crippen MR) is 98.3 cm³/mol. The van der Waals surface area contributed by atoms with Gasteiger partial charge in [-0.15, -0.1) is 0 Å². The second kappa shape index (κ2) is 6.79. The van der Waals surface area contributed by atoms with Crippen LogP contribution in [0.2, 0.25) is 0 Å². The zero-order chi connectivity index (χ0) is 18.0. The highest BCUT2D eigenvalue weighted by Gasteiger charge is 2.34. The number of amides is 1. The van der Waals surface area contributed by atoms with Crippen LogP contribution >= 0.6 is 0 Å². The number of fused-ring (bicyclic) bond motifs is 1. The van der Waals surface area contributed by atoms with E-state index in [1.165, 1.54) is 0 Å². The molecule has 1 atom stereocenters. The Bertz CT molecular complexity index is 765. The first-order valence-corrected chi connectivity index (χ1v) is 8.71. The van der Waals surface area contributed by atoms with Crippen LogP contribution in [0.3, 0.4) is 0 Å². The molecule has 0 aliphatic carbocycles. The summed E-state index contributed by atoms with van der Waals surface area (Å²) in [6, 6.07) is 13.3. The predicted octanol–water partition coefficient (Wildman–Crippen LogP) is 4.43. The summed E-state index contributed by atoms with van der Waals surface area (Å²) in [5.41, 5.74) is 2.48. The molecule has 1 N–H and O–H groups in total. The van der Waals surface area contributed by atoms with Crippen molar-refractivity contribution >= 4 is 5.91 Å². The summed E-state index contributed by atoms with van der Waals surface area (Å²) in [5, 5.41) is 3.16. The molecule has 132 valence electrons. The van der Waals surface area contributed by atoms with Crippen molar-refractivity contribution < 1.29 is 14.3 Å². The molecule has 4 nitrogen and oxygen atoms in total. The molecule has 0 fully saturated rings. The summed E-state index contributed by atoms with van der Waals surface area (Å²) >= 11 is 0. The van der Waals surface area contributed by atoms with Gasteiger partial charge in [-0.3, -0.25) is 4.79 Å². The first kappa shape index (κ1) is 17.3. The quantitative estimate of drug-likeness (QED) is 0.896. The molecular weight excluding hydrogens is 314 g/mol. The third kappa shape index (κ3) is 3.95. The third-order valence-corrected chi connectivity index (χ3v) is 4.36. The third-order valence-electron chi connectivity index (χ3n) is 4.36. The van der Waals surface area contributed by atoms with Crippen molar-refractivity contribution in [3.63, 3.8) is 0 Å². The number of ether oxygens (including phenoxy) is 2. The molecule has 0 saturated carbocycles. The van der Waals surface area contributed by atoms with E-state index in [0.29, 0.717) is 12.2 Å². The van der Waals surface area contributed by atoms with Gasteiger partial charge in [-0.05, 0) is 63.6 Å². The Kier molecular flexibility index (Phi) is 4.71. The van der Waals surface area contributed by atoms with E-state index in [-0.39, 0.29) is 17.6 Å². The van der Waals surface area contributed by atoms with Gasteiger partial charge in [0.25, 0.3) is 5.91 Å². The Hall–Kier alpha value is -2.49. The van der Waals surface area contributed by atoms with Gasteiger partial charge in [0.1, 0.15) is 17.1 Å². The van der Waals surface area contributed by atoms with Gasteiger partial charge in [-0.25, -0.2) is 0 Å². The van der Waals surface area contributed by atoms with Crippen LogP contribution in [0.4, 0.5) is 0 Å². The maximum atomic E-state index is 12.7. The van der Waals surface area contributed by atoms with Crippen molar-refractivity contribution in [2.24, 2.45) is 0 Å². The average Bonchev–Trinajstić information content (AvgIpc) is 2.54. The molecular formula is C21H25NO3. The van der Waals surface area contributed by atoms with E-state index >= 15 is 0 Å². The highest BCUT2D eigenvalue weighted by Crippen LogP contribution is 2.40. The van der Waals surface area contributed by atoms with Gasteiger partial charge in [-0.2, -0.15) is 0 Å². The molecule has 0 saturated heterocycles. The van der Waals surface area contributed by atoms with Gasteiger partial charge in [0.05, 0.1) is 12.6 Å². The lowest BCUT2D eigenvalue weighted by molar-refractivity contribution is 0.0619. The number of benzene rings is 2. The minimum Gasteiger partial charge on any atom is -0.494 e. The molecule has 0 radical (unpaired) electrons. The summed E-state index contributed by atoms with van der Waals surface area (Å²) < 4.78 is 11.5. The lowest BCUT2D eigenvalue weighted by Crippen LogP contribution is -2.41. The Morgan fingerprint density at radius 2 is 1.96 bits per heavy atom. The maximum absolute atomic E-state index is 12.7.